The highest BCUT2D eigenvalue weighted by molar-refractivity contribution is 6.10. The summed E-state index contributed by atoms with van der Waals surface area (Å²) in [5.74, 6) is -0.954. The lowest BCUT2D eigenvalue weighted by molar-refractivity contribution is -0.139. The maximum Gasteiger partial charge on any atom is 0.264 e. The minimum absolute atomic E-state index is 0.0141. The second-order valence-corrected chi connectivity index (χ2v) is 13.2. The number of nitrogens with one attached hydrogen (secondary N) is 1. The number of aliphatic hydroxyl groups excluding tert-OH is 2. The van der Waals surface area contributed by atoms with Crippen LogP contribution < -0.4 is 19.9 Å². The van der Waals surface area contributed by atoms with Crippen molar-refractivity contribution in [1.82, 2.24) is 10.2 Å². The molecule has 3 aromatic rings. The summed E-state index contributed by atoms with van der Waals surface area (Å²) in [6.45, 7) is 9.10. The first kappa shape index (κ1) is 38.4. The predicted molar refractivity (Wildman–Crippen MR) is 201 cm³/mol. The highest BCUT2D eigenvalue weighted by Gasteiger charge is 2.52. The number of hydrogen-bond acceptors (Lipinski definition) is 8. The number of ether oxygens (including phenoxy) is 1. The van der Waals surface area contributed by atoms with Crippen molar-refractivity contribution in [2.75, 3.05) is 49.3 Å². The zero-order valence-electron chi connectivity index (χ0n) is 30.0. The van der Waals surface area contributed by atoms with E-state index in [2.05, 4.69) is 11.9 Å². The molecular weight excluding hydrogens is 660 g/mol. The summed E-state index contributed by atoms with van der Waals surface area (Å²) in [4.78, 5) is 46.1. The molecule has 0 fully saturated rings. The Morgan fingerprint density at radius 2 is 1.85 bits per heavy atom. The van der Waals surface area contributed by atoms with Crippen LogP contribution >= 0.6 is 0 Å². The number of anilines is 3. The van der Waals surface area contributed by atoms with Gasteiger partial charge in [0.2, 0.25) is 11.8 Å². The molecule has 3 amide bonds. The molecule has 0 radical (unpaired) electrons. The monoisotopic (exact) mass is 710 g/mol. The Bertz CT molecular complexity index is 1760. The zero-order chi connectivity index (χ0) is 37.3. The van der Waals surface area contributed by atoms with Gasteiger partial charge in [0.05, 0.1) is 30.6 Å². The molecule has 0 bridgehead atoms. The average Bonchev–Trinajstić information content (AvgIpc) is 3.36. The van der Waals surface area contributed by atoms with Crippen molar-refractivity contribution in [2.24, 2.45) is 5.92 Å². The van der Waals surface area contributed by atoms with Crippen LogP contribution in [0, 0.1) is 5.92 Å². The lowest BCUT2D eigenvalue weighted by Crippen LogP contribution is -2.49. The van der Waals surface area contributed by atoms with E-state index >= 15 is 0 Å². The van der Waals surface area contributed by atoms with Crippen LogP contribution in [0.15, 0.2) is 91.5 Å². The summed E-state index contributed by atoms with van der Waals surface area (Å²) in [5.41, 5.74) is 1.90. The molecule has 5 rings (SSSR count). The van der Waals surface area contributed by atoms with Crippen LogP contribution in [0.3, 0.4) is 0 Å². The number of carbonyl (C=O) groups is 3. The van der Waals surface area contributed by atoms with E-state index in [9.17, 15) is 29.7 Å². The van der Waals surface area contributed by atoms with Crippen LogP contribution in [-0.4, -0.2) is 83.4 Å². The normalized spacial score (nSPS) is 18.8. The van der Waals surface area contributed by atoms with Crippen molar-refractivity contribution in [1.29, 1.82) is 0 Å². The van der Waals surface area contributed by atoms with Gasteiger partial charge in [0.15, 0.2) is 5.60 Å². The molecule has 0 saturated carbocycles. The van der Waals surface area contributed by atoms with E-state index < -0.39 is 23.5 Å². The van der Waals surface area contributed by atoms with Crippen molar-refractivity contribution in [3.05, 3.63) is 108 Å². The van der Waals surface area contributed by atoms with E-state index in [1.165, 1.54) is 4.90 Å². The quantitative estimate of drug-likeness (QED) is 0.113. The molecule has 1 unspecified atom stereocenters. The molecule has 0 spiro atoms. The molecule has 3 aromatic carbocycles. The van der Waals surface area contributed by atoms with Gasteiger partial charge in [-0.1, -0.05) is 55.5 Å². The Balaban J connectivity index is 1.46. The molecule has 3 atom stereocenters. The fourth-order valence-corrected chi connectivity index (χ4v) is 6.96. The van der Waals surface area contributed by atoms with Crippen LogP contribution in [0.2, 0.25) is 0 Å². The highest BCUT2D eigenvalue weighted by Crippen LogP contribution is 2.48. The number of amides is 3. The largest absolute Gasteiger partial charge is 0.494 e. The zero-order valence-corrected chi connectivity index (χ0v) is 30.0. The van der Waals surface area contributed by atoms with E-state index in [1.807, 2.05) is 55.5 Å². The molecule has 2 aliphatic rings. The van der Waals surface area contributed by atoms with Gasteiger partial charge >= 0.3 is 0 Å². The van der Waals surface area contributed by atoms with Gasteiger partial charge in [-0.3, -0.25) is 19.3 Å². The van der Waals surface area contributed by atoms with Gasteiger partial charge in [0.1, 0.15) is 5.75 Å². The van der Waals surface area contributed by atoms with Gasteiger partial charge in [-0.05, 0) is 80.3 Å². The smallest absolute Gasteiger partial charge is 0.264 e. The standard InChI is InChI=1S/C41H50N4O7/c1-4-21-44-37-18-16-32(45-36-19-17-33(52-5-2)25-31(36)26-35(39(45)49)42-20-9-10-23-46)27-34(37)41(51,40(44)50)29(3)12-11-15-38(48)43(22-24-47)28-30-13-7-6-8-14-30/h4,6-8,11-14,16-19,25,27,29,35,42,46-47,51H,1,5,9-10,15,20-24,26,28H2,2-3H3/b12-11+/t29-,35?,41+/m0/s1. The molecular formula is C41H50N4O7. The van der Waals surface area contributed by atoms with Crippen LogP contribution in [0.1, 0.15) is 49.8 Å². The average molecular weight is 711 g/mol. The lowest BCUT2D eigenvalue weighted by atomic mass is 9.82. The number of unbranched alkanes of at least 4 members (excludes halogenated alkanes) is 1. The number of carbonyl (C=O) groups excluding carboxylic acids is 3. The summed E-state index contributed by atoms with van der Waals surface area (Å²) >= 11 is 0. The third-order valence-corrected chi connectivity index (χ3v) is 9.66. The summed E-state index contributed by atoms with van der Waals surface area (Å²) in [6.07, 6.45) is 6.72. The van der Waals surface area contributed by atoms with E-state index in [4.69, 9.17) is 4.74 Å². The van der Waals surface area contributed by atoms with Crippen LogP contribution in [0.4, 0.5) is 17.1 Å². The molecule has 0 saturated heterocycles. The second kappa shape index (κ2) is 17.6. The molecule has 2 aliphatic heterocycles. The van der Waals surface area contributed by atoms with Gasteiger partial charge in [0, 0.05) is 49.8 Å². The third-order valence-electron chi connectivity index (χ3n) is 9.66. The maximum atomic E-state index is 14.2. The van der Waals surface area contributed by atoms with Gasteiger partial charge in [-0.2, -0.15) is 0 Å². The Morgan fingerprint density at radius 3 is 2.56 bits per heavy atom. The number of hydrogen-bond donors (Lipinski definition) is 4. The van der Waals surface area contributed by atoms with E-state index in [0.29, 0.717) is 67.3 Å². The molecule has 2 heterocycles. The first-order valence-corrected chi connectivity index (χ1v) is 18.0. The number of benzene rings is 3. The molecule has 0 aliphatic carbocycles. The van der Waals surface area contributed by atoms with E-state index in [0.717, 1.165) is 11.1 Å². The SMILES string of the molecule is C=CCN1C(=O)[C@@](O)([C@@H](C)/C=C/CC(=O)N(CCO)Cc2ccccc2)c2cc(N3C(=O)C(NCCCCO)Cc4cc(OCC)ccc43)ccc21. The Labute approximate surface area is 305 Å². The summed E-state index contributed by atoms with van der Waals surface area (Å²) < 4.78 is 5.77. The van der Waals surface area contributed by atoms with Crippen molar-refractivity contribution in [3.63, 3.8) is 0 Å². The van der Waals surface area contributed by atoms with Gasteiger partial charge in [-0.15, -0.1) is 6.58 Å². The van der Waals surface area contributed by atoms with Gasteiger partial charge < -0.3 is 35.2 Å². The van der Waals surface area contributed by atoms with E-state index in [1.54, 1.807) is 53.2 Å². The topological polar surface area (TPSA) is 143 Å². The molecule has 11 heteroatoms. The second-order valence-electron chi connectivity index (χ2n) is 13.2. The minimum atomic E-state index is -1.99. The molecule has 276 valence electrons. The first-order valence-electron chi connectivity index (χ1n) is 18.0. The van der Waals surface area contributed by atoms with Gasteiger partial charge in [0.25, 0.3) is 5.91 Å². The Kier molecular flexibility index (Phi) is 13.0. The number of rotatable bonds is 18. The molecule has 52 heavy (non-hydrogen) atoms. The highest BCUT2D eigenvalue weighted by atomic mass is 16.5. The Hall–Kier alpha value is -4.81. The molecule has 4 N–H and O–H groups in total. The summed E-state index contributed by atoms with van der Waals surface area (Å²) in [5, 5.41) is 34.6. The fraction of sp³-hybridized carbons (Fsp3) is 0.390. The van der Waals surface area contributed by atoms with Crippen LogP contribution in [0.25, 0.3) is 0 Å². The van der Waals surface area contributed by atoms with Crippen molar-refractivity contribution >= 4 is 34.8 Å². The number of aliphatic hydroxyl groups is 3. The number of nitrogens with zero attached hydrogens (tertiary/aromatic N) is 3. The minimum Gasteiger partial charge on any atom is -0.494 e. The lowest BCUT2D eigenvalue weighted by Gasteiger charge is -2.35. The van der Waals surface area contributed by atoms with Crippen LogP contribution in [-0.2, 0) is 33.0 Å². The van der Waals surface area contributed by atoms with E-state index in [-0.39, 0.29) is 44.5 Å². The van der Waals surface area contributed by atoms with Gasteiger partial charge in [-0.25, -0.2) is 0 Å². The maximum absolute atomic E-state index is 14.2. The fourth-order valence-electron chi connectivity index (χ4n) is 6.96. The summed E-state index contributed by atoms with van der Waals surface area (Å²) in [6, 6.07) is 19.8. The van der Waals surface area contributed by atoms with Crippen LogP contribution in [0.5, 0.6) is 5.75 Å². The van der Waals surface area contributed by atoms with Crippen molar-refractivity contribution in [3.8, 4) is 5.75 Å². The molecule has 0 aromatic heterocycles. The summed E-state index contributed by atoms with van der Waals surface area (Å²) in [7, 11) is 0. The predicted octanol–water partition coefficient (Wildman–Crippen LogP) is 4.36. The Morgan fingerprint density at radius 1 is 1.08 bits per heavy atom. The number of fused-ring (bicyclic) bond motifs is 2. The molecule has 11 nitrogen and oxygen atoms in total. The van der Waals surface area contributed by atoms with Crippen molar-refractivity contribution < 1.29 is 34.4 Å². The van der Waals surface area contributed by atoms with Crippen molar-refractivity contribution in [2.45, 2.75) is 57.7 Å². The third kappa shape index (κ3) is 8.13. The first-order chi connectivity index (χ1) is 25.2.